The van der Waals surface area contributed by atoms with Gasteiger partial charge in [0, 0.05) is 36.5 Å². The standard InChI is InChI=1S/C31H20F5N3O2/c32-25-11-14-27(28(33)17-25)29-19-38(18-21-6-12-26(13-7-21)39(40)41)30(37-29)15-8-20-4-9-22(10-5-20)23-2-1-3-24(16-23)31(34,35)36/h1-17,19H,18H2. The van der Waals surface area contributed by atoms with E-state index < -0.39 is 28.3 Å². The number of hydrogen-bond donors (Lipinski definition) is 0. The van der Waals surface area contributed by atoms with Gasteiger partial charge in [-0.15, -0.1) is 0 Å². The number of rotatable bonds is 7. The van der Waals surface area contributed by atoms with E-state index in [-0.39, 0.29) is 23.5 Å². The molecule has 0 amide bonds. The Hall–Kier alpha value is -5.12. The maximum Gasteiger partial charge on any atom is 0.416 e. The third-order valence-electron chi connectivity index (χ3n) is 6.37. The van der Waals surface area contributed by atoms with Gasteiger partial charge in [-0.25, -0.2) is 13.8 Å². The molecule has 1 heterocycles. The fraction of sp³-hybridized carbons (Fsp3) is 0.0645. The highest BCUT2D eigenvalue weighted by Crippen LogP contribution is 2.32. The van der Waals surface area contributed by atoms with E-state index in [4.69, 9.17) is 0 Å². The molecule has 0 unspecified atom stereocenters. The lowest BCUT2D eigenvalue weighted by Crippen LogP contribution is -2.04. The van der Waals surface area contributed by atoms with Crippen LogP contribution in [-0.2, 0) is 12.7 Å². The second-order valence-corrected chi connectivity index (χ2v) is 9.19. The van der Waals surface area contributed by atoms with Crippen LogP contribution < -0.4 is 0 Å². The molecule has 0 atom stereocenters. The Labute approximate surface area is 231 Å². The van der Waals surface area contributed by atoms with Crippen molar-refractivity contribution in [2.75, 3.05) is 0 Å². The molecule has 5 rings (SSSR count). The Bertz CT molecular complexity index is 1740. The highest BCUT2D eigenvalue weighted by Gasteiger charge is 2.30. The molecule has 0 fully saturated rings. The quantitative estimate of drug-likeness (QED) is 0.114. The number of alkyl halides is 3. The Morgan fingerprint density at radius 2 is 1.59 bits per heavy atom. The maximum absolute atomic E-state index is 14.5. The van der Waals surface area contributed by atoms with Crippen molar-refractivity contribution < 1.29 is 26.9 Å². The largest absolute Gasteiger partial charge is 0.416 e. The lowest BCUT2D eigenvalue weighted by Gasteiger charge is -2.09. The zero-order chi connectivity index (χ0) is 29.1. The van der Waals surface area contributed by atoms with Gasteiger partial charge in [-0.05, 0) is 52.6 Å². The maximum atomic E-state index is 14.5. The first-order valence-electron chi connectivity index (χ1n) is 12.3. The van der Waals surface area contributed by atoms with Crippen LogP contribution in [0.15, 0.2) is 97.2 Å². The van der Waals surface area contributed by atoms with Crippen molar-refractivity contribution in [2.45, 2.75) is 12.7 Å². The number of imidazole rings is 1. The summed E-state index contributed by atoms with van der Waals surface area (Å²) in [6, 6.07) is 21.2. The lowest BCUT2D eigenvalue weighted by molar-refractivity contribution is -0.384. The van der Waals surface area contributed by atoms with E-state index in [9.17, 15) is 32.1 Å². The summed E-state index contributed by atoms with van der Waals surface area (Å²) >= 11 is 0. The van der Waals surface area contributed by atoms with Gasteiger partial charge in [-0.2, -0.15) is 13.2 Å². The molecule has 0 radical (unpaired) electrons. The van der Waals surface area contributed by atoms with Crippen molar-refractivity contribution in [3.05, 3.63) is 141 Å². The molecule has 206 valence electrons. The van der Waals surface area contributed by atoms with E-state index in [2.05, 4.69) is 4.98 Å². The summed E-state index contributed by atoms with van der Waals surface area (Å²) in [5.41, 5.74) is 2.11. The number of non-ortho nitro benzene ring substituents is 1. The summed E-state index contributed by atoms with van der Waals surface area (Å²) in [6.45, 7) is 0.266. The van der Waals surface area contributed by atoms with Crippen LogP contribution in [0.1, 0.15) is 22.5 Å². The number of halogens is 5. The summed E-state index contributed by atoms with van der Waals surface area (Å²) < 4.78 is 69.0. The first kappa shape index (κ1) is 27.4. The molecule has 0 saturated carbocycles. The van der Waals surface area contributed by atoms with Crippen molar-refractivity contribution >= 4 is 17.8 Å². The molecule has 10 heteroatoms. The van der Waals surface area contributed by atoms with Gasteiger partial charge in [-0.3, -0.25) is 10.1 Å². The molecule has 0 aliphatic heterocycles. The summed E-state index contributed by atoms with van der Waals surface area (Å²) in [5.74, 6) is -1.06. The number of aromatic nitrogens is 2. The smallest absolute Gasteiger partial charge is 0.326 e. The summed E-state index contributed by atoms with van der Waals surface area (Å²) in [4.78, 5) is 15.0. The highest BCUT2D eigenvalue weighted by molar-refractivity contribution is 5.72. The highest BCUT2D eigenvalue weighted by atomic mass is 19.4. The minimum atomic E-state index is -4.44. The van der Waals surface area contributed by atoms with Crippen LogP contribution in [0.3, 0.4) is 0 Å². The van der Waals surface area contributed by atoms with Gasteiger partial charge in [0.05, 0.1) is 16.2 Å². The molecule has 0 N–H and O–H groups in total. The van der Waals surface area contributed by atoms with Crippen LogP contribution >= 0.6 is 0 Å². The van der Waals surface area contributed by atoms with Crippen LogP contribution in [0.2, 0.25) is 0 Å². The molecule has 4 aromatic carbocycles. The third kappa shape index (κ3) is 6.38. The Morgan fingerprint density at radius 3 is 2.24 bits per heavy atom. The minimum Gasteiger partial charge on any atom is -0.326 e. The van der Waals surface area contributed by atoms with E-state index >= 15 is 0 Å². The van der Waals surface area contributed by atoms with Gasteiger partial charge in [0.15, 0.2) is 0 Å². The monoisotopic (exact) mass is 561 g/mol. The number of nitrogens with zero attached hydrogens (tertiary/aromatic N) is 3. The third-order valence-corrected chi connectivity index (χ3v) is 6.37. The molecule has 1 aromatic heterocycles. The van der Waals surface area contributed by atoms with Crippen LogP contribution in [-0.4, -0.2) is 14.5 Å². The first-order chi connectivity index (χ1) is 19.6. The van der Waals surface area contributed by atoms with Crippen LogP contribution in [0, 0.1) is 21.7 Å². The van der Waals surface area contributed by atoms with Crippen molar-refractivity contribution in [1.29, 1.82) is 0 Å². The molecule has 5 nitrogen and oxygen atoms in total. The van der Waals surface area contributed by atoms with E-state index in [0.717, 1.165) is 35.4 Å². The SMILES string of the molecule is O=[N+]([O-])c1ccc(Cn2cc(-c3ccc(F)cc3F)nc2C=Cc2ccc(-c3cccc(C(F)(F)F)c3)cc2)cc1. The van der Waals surface area contributed by atoms with Crippen molar-refractivity contribution in [1.82, 2.24) is 9.55 Å². The van der Waals surface area contributed by atoms with Crippen LogP contribution in [0.25, 0.3) is 34.5 Å². The van der Waals surface area contributed by atoms with Crippen LogP contribution in [0.5, 0.6) is 0 Å². The van der Waals surface area contributed by atoms with Gasteiger partial charge in [0.25, 0.3) is 5.69 Å². The first-order valence-corrected chi connectivity index (χ1v) is 12.3. The predicted octanol–water partition coefficient (Wildman–Crippen LogP) is 8.64. The predicted molar refractivity (Wildman–Crippen MR) is 146 cm³/mol. The molecule has 0 aliphatic rings. The number of nitro benzene ring substituents is 1. The second-order valence-electron chi connectivity index (χ2n) is 9.19. The Balaban J connectivity index is 1.44. The Kier molecular flexibility index (Phi) is 7.47. The van der Waals surface area contributed by atoms with E-state index in [1.807, 2.05) is 0 Å². The lowest BCUT2D eigenvalue weighted by atomic mass is 10.0. The molecule has 0 spiro atoms. The number of hydrogen-bond acceptors (Lipinski definition) is 3. The van der Waals surface area contributed by atoms with Gasteiger partial charge < -0.3 is 4.57 Å². The summed E-state index contributed by atoms with van der Waals surface area (Å²) in [7, 11) is 0. The Morgan fingerprint density at radius 1 is 0.854 bits per heavy atom. The van der Waals surface area contributed by atoms with Crippen LogP contribution in [0.4, 0.5) is 27.6 Å². The fourth-order valence-corrected chi connectivity index (χ4v) is 4.27. The molecular weight excluding hydrogens is 541 g/mol. The average Bonchev–Trinajstić information content (AvgIpc) is 3.34. The molecule has 0 aliphatic carbocycles. The normalized spacial score (nSPS) is 11.7. The van der Waals surface area contributed by atoms with Gasteiger partial charge >= 0.3 is 6.18 Å². The number of benzene rings is 4. The molecule has 5 aromatic rings. The summed E-state index contributed by atoms with van der Waals surface area (Å²) in [5, 5.41) is 11.0. The average molecular weight is 562 g/mol. The van der Waals surface area contributed by atoms with E-state index in [1.54, 1.807) is 65.4 Å². The van der Waals surface area contributed by atoms with Crippen molar-refractivity contribution in [3.8, 4) is 22.4 Å². The zero-order valence-electron chi connectivity index (χ0n) is 21.1. The van der Waals surface area contributed by atoms with Crippen molar-refractivity contribution in [3.63, 3.8) is 0 Å². The van der Waals surface area contributed by atoms with Gasteiger partial charge in [-0.1, -0.05) is 54.6 Å². The number of nitro groups is 1. The minimum absolute atomic E-state index is 0.0536. The van der Waals surface area contributed by atoms with Gasteiger partial charge in [0.1, 0.15) is 17.5 Å². The van der Waals surface area contributed by atoms with E-state index in [0.29, 0.717) is 17.0 Å². The summed E-state index contributed by atoms with van der Waals surface area (Å²) in [6.07, 6.45) is 0.601. The zero-order valence-corrected chi connectivity index (χ0v) is 21.1. The second kappa shape index (κ2) is 11.2. The molecule has 41 heavy (non-hydrogen) atoms. The fourth-order valence-electron chi connectivity index (χ4n) is 4.27. The molecule has 0 saturated heterocycles. The van der Waals surface area contributed by atoms with E-state index in [1.165, 1.54) is 24.3 Å². The topological polar surface area (TPSA) is 61.0 Å². The molecular formula is C31H20F5N3O2. The molecule has 0 bridgehead atoms. The van der Waals surface area contributed by atoms with Crippen molar-refractivity contribution in [2.24, 2.45) is 0 Å². The van der Waals surface area contributed by atoms with Gasteiger partial charge in [0.2, 0.25) is 0 Å².